The standard InChI is InChI=1S/C31H36N2O4S.CH4/c1-22-23(2)29(36-20-25-14-8-4-9-15-25)28(21-35-19-24-12-6-3-7-13-24)37-27(22)18-32-31(38)33-30(34)26-16-10-5-11-17-26;/h3-17,22-23,27-29H,18-21H2,1-2H3,(H2,32,33,34,38);1H4/t22-,23+,27+,28+,29-;/m0./s1. The van der Waals surface area contributed by atoms with Gasteiger partial charge in [0.25, 0.3) is 5.91 Å². The Hall–Kier alpha value is -3.10. The van der Waals surface area contributed by atoms with Crippen LogP contribution in [0.5, 0.6) is 0 Å². The van der Waals surface area contributed by atoms with Gasteiger partial charge in [0.1, 0.15) is 6.10 Å². The van der Waals surface area contributed by atoms with Crippen molar-refractivity contribution in [2.24, 2.45) is 11.8 Å². The SMILES string of the molecule is C.C[C@@H]1[C@H](C)[C@@H](CNC(=S)NC(=O)c2ccccc2)O[C@H](COCc2ccccc2)[C@H]1OCc1ccccc1. The predicted molar refractivity (Wildman–Crippen MR) is 159 cm³/mol. The summed E-state index contributed by atoms with van der Waals surface area (Å²) in [5.74, 6) is 0.175. The molecule has 0 aromatic heterocycles. The molecule has 1 aliphatic rings. The molecule has 1 saturated heterocycles. The fraction of sp³-hybridized carbons (Fsp3) is 0.375. The third-order valence-electron chi connectivity index (χ3n) is 7.06. The zero-order valence-electron chi connectivity index (χ0n) is 21.9. The highest BCUT2D eigenvalue weighted by Crippen LogP contribution is 2.33. The van der Waals surface area contributed by atoms with Crippen LogP contribution in [0.15, 0.2) is 91.0 Å². The summed E-state index contributed by atoms with van der Waals surface area (Å²) in [5, 5.41) is 6.20. The van der Waals surface area contributed by atoms with E-state index in [-0.39, 0.29) is 48.6 Å². The van der Waals surface area contributed by atoms with Gasteiger partial charge in [-0.3, -0.25) is 10.1 Å². The molecule has 5 atom stereocenters. The average molecular weight is 549 g/mol. The van der Waals surface area contributed by atoms with E-state index in [2.05, 4.69) is 36.6 Å². The summed E-state index contributed by atoms with van der Waals surface area (Å²) in [6.45, 7) is 6.28. The minimum absolute atomic E-state index is 0. The van der Waals surface area contributed by atoms with Crippen LogP contribution in [-0.2, 0) is 27.4 Å². The smallest absolute Gasteiger partial charge is 0.257 e. The highest BCUT2D eigenvalue weighted by Gasteiger charge is 2.42. The van der Waals surface area contributed by atoms with Crippen LogP contribution in [-0.4, -0.2) is 42.5 Å². The van der Waals surface area contributed by atoms with Crippen LogP contribution >= 0.6 is 12.2 Å². The highest BCUT2D eigenvalue weighted by atomic mass is 32.1. The Morgan fingerprint density at radius 1 is 0.821 bits per heavy atom. The molecule has 0 unspecified atom stereocenters. The number of hydrogen-bond donors (Lipinski definition) is 2. The van der Waals surface area contributed by atoms with Gasteiger partial charge in [-0.25, -0.2) is 0 Å². The Morgan fingerprint density at radius 2 is 1.38 bits per heavy atom. The normalized spacial score (nSPS) is 22.4. The zero-order chi connectivity index (χ0) is 26.7. The molecular weight excluding hydrogens is 508 g/mol. The van der Waals surface area contributed by atoms with Crippen LogP contribution in [0, 0.1) is 11.8 Å². The first-order valence-electron chi connectivity index (χ1n) is 13.1. The van der Waals surface area contributed by atoms with Gasteiger partial charge < -0.3 is 19.5 Å². The molecule has 0 spiro atoms. The van der Waals surface area contributed by atoms with E-state index in [1.165, 1.54) is 0 Å². The van der Waals surface area contributed by atoms with Crippen molar-refractivity contribution in [3.63, 3.8) is 0 Å². The Labute approximate surface area is 238 Å². The summed E-state index contributed by atoms with van der Waals surface area (Å²) >= 11 is 5.39. The summed E-state index contributed by atoms with van der Waals surface area (Å²) in [6, 6.07) is 29.3. The first-order chi connectivity index (χ1) is 18.5. The molecule has 1 aliphatic heterocycles. The molecule has 4 rings (SSSR count). The van der Waals surface area contributed by atoms with E-state index in [0.717, 1.165) is 11.1 Å². The second kappa shape index (κ2) is 15.5. The number of carbonyl (C=O) groups is 1. The van der Waals surface area contributed by atoms with E-state index in [4.69, 9.17) is 26.4 Å². The Morgan fingerprint density at radius 3 is 2.00 bits per heavy atom. The van der Waals surface area contributed by atoms with E-state index in [1.54, 1.807) is 12.1 Å². The summed E-state index contributed by atoms with van der Waals surface area (Å²) in [5.41, 5.74) is 2.80. The number of benzene rings is 3. The van der Waals surface area contributed by atoms with Gasteiger partial charge in [0.2, 0.25) is 0 Å². The number of nitrogens with one attached hydrogen (secondary N) is 2. The van der Waals surface area contributed by atoms with Gasteiger partial charge in [-0.15, -0.1) is 0 Å². The van der Waals surface area contributed by atoms with Crippen LogP contribution in [0.3, 0.4) is 0 Å². The van der Waals surface area contributed by atoms with E-state index >= 15 is 0 Å². The van der Waals surface area contributed by atoms with E-state index in [1.807, 2.05) is 66.7 Å². The summed E-state index contributed by atoms with van der Waals surface area (Å²) in [7, 11) is 0. The summed E-state index contributed by atoms with van der Waals surface area (Å²) in [6.07, 6.45) is -0.492. The lowest BCUT2D eigenvalue weighted by molar-refractivity contribution is -0.204. The van der Waals surface area contributed by atoms with Crippen molar-refractivity contribution in [3.8, 4) is 0 Å². The monoisotopic (exact) mass is 548 g/mol. The molecule has 208 valence electrons. The maximum atomic E-state index is 12.4. The van der Waals surface area contributed by atoms with Crippen LogP contribution in [0.2, 0.25) is 0 Å². The van der Waals surface area contributed by atoms with Crippen LogP contribution in [0.4, 0.5) is 0 Å². The molecule has 39 heavy (non-hydrogen) atoms. The van der Waals surface area contributed by atoms with E-state index in [0.29, 0.717) is 31.9 Å². The molecule has 1 fully saturated rings. The zero-order valence-corrected chi connectivity index (χ0v) is 22.7. The summed E-state index contributed by atoms with van der Waals surface area (Å²) in [4.78, 5) is 12.4. The first kappa shape index (κ1) is 30.4. The Bertz CT molecular complexity index is 1150. The molecule has 3 aromatic carbocycles. The number of amides is 1. The lowest BCUT2D eigenvalue weighted by atomic mass is 9.81. The van der Waals surface area contributed by atoms with Gasteiger partial charge in [-0.2, -0.15) is 0 Å². The third kappa shape index (κ3) is 8.97. The van der Waals surface area contributed by atoms with Crippen molar-refractivity contribution in [1.29, 1.82) is 0 Å². The van der Waals surface area contributed by atoms with Crippen molar-refractivity contribution in [1.82, 2.24) is 10.6 Å². The second-order valence-corrected chi connectivity index (χ2v) is 10.1. The number of carbonyl (C=O) groups excluding carboxylic acids is 1. The largest absolute Gasteiger partial charge is 0.374 e. The quantitative estimate of drug-likeness (QED) is 0.314. The topological polar surface area (TPSA) is 68.8 Å². The lowest BCUT2D eigenvalue weighted by Crippen LogP contribution is -2.55. The number of hydrogen-bond acceptors (Lipinski definition) is 5. The van der Waals surface area contributed by atoms with Crippen molar-refractivity contribution in [2.75, 3.05) is 13.2 Å². The number of rotatable bonds is 10. The van der Waals surface area contributed by atoms with Gasteiger partial charge in [0, 0.05) is 12.1 Å². The molecule has 0 aliphatic carbocycles. The average Bonchev–Trinajstić information content (AvgIpc) is 2.95. The molecule has 3 aromatic rings. The first-order valence-corrected chi connectivity index (χ1v) is 13.5. The van der Waals surface area contributed by atoms with Crippen molar-refractivity contribution >= 4 is 23.2 Å². The molecule has 1 heterocycles. The van der Waals surface area contributed by atoms with Crippen molar-refractivity contribution in [2.45, 2.75) is 52.8 Å². The molecule has 7 heteroatoms. The van der Waals surface area contributed by atoms with Crippen LogP contribution < -0.4 is 10.6 Å². The Balaban J connectivity index is 0.00000420. The Kier molecular flexibility index (Phi) is 12.1. The molecule has 0 saturated carbocycles. The second-order valence-electron chi connectivity index (χ2n) is 9.72. The minimum Gasteiger partial charge on any atom is -0.374 e. The lowest BCUT2D eigenvalue weighted by Gasteiger charge is -2.44. The number of ether oxygens (including phenoxy) is 3. The fourth-order valence-electron chi connectivity index (χ4n) is 4.67. The van der Waals surface area contributed by atoms with Gasteiger partial charge >= 0.3 is 0 Å². The maximum Gasteiger partial charge on any atom is 0.257 e. The highest BCUT2D eigenvalue weighted by molar-refractivity contribution is 7.80. The molecule has 1 amide bonds. The number of thiocarbonyl (C=S) groups is 1. The van der Waals surface area contributed by atoms with Gasteiger partial charge in [0.15, 0.2) is 5.11 Å². The van der Waals surface area contributed by atoms with Crippen LogP contribution in [0.25, 0.3) is 0 Å². The van der Waals surface area contributed by atoms with E-state index in [9.17, 15) is 4.79 Å². The molecule has 2 N–H and O–H groups in total. The van der Waals surface area contributed by atoms with Gasteiger partial charge in [-0.1, -0.05) is 100 Å². The van der Waals surface area contributed by atoms with Gasteiger partial charge in [0.05, 0.1) is 32.0 Å². The fourth-order valence-corrected chi connectivity index (χ4v) is 4.84. The molecule has 6 nitrogen and oxygen atoms in total. The van der Waals surface area contributed by atoms with Crippen molar-refractivity contribution in [3.05, 3.63) is 108 Å². The minimum atomic E-state index is -0.243. The van der Waals surface area contributed by atoms with Crippen molar-refractivity contribution < 1.29 is 19.0 Å². The molecule has 0 bridgehead atoms. The molecular formula is C32H40N2O4S. The van der Waals surface area contributed by atoms with Crippen LogP contribution in [0.1, 0.15) is 42.8 Å². The predicted octanol–water partition coefficient (Wildman–Crippen LogP) is 5.77. The third-order valence-corrected chi connectivity index (χ3v) is 7.30. The summed E-state index contributed by atoms with van der Waals surface area (Å²) < 4.78 is 19.1. The van der Waals surface area contributed by atoms with E-state index < -0.39 is 0 Å². The van der Waals surface area contributed by atoms with Gasteiger partial charge in [-0.05, 0) is 47.3 Å². The maximum absolute atomic E-state index is 12.4. The molecule has 0 radical (unpaired) electrons.